The normalized spacial score (nSPS) is 11.4. The van der Waals surface area contributed by atoms with Crippen LogP contribution in [0.15, 0.2) is 103 Å². The number of H-pyrrole nitrogens is 1. The zero-order valence-corrected chi connectivity index (χ0v) is 16.9. The van der Waals surface area contributed by atoms with E-state index in [4.69, 9.17) is 5.41 Å². The van der Waals surface area contributed by atoms with Crippen LogP contribution < -0.4 is 0 Å². The highest BCUT2D eigenvalue weighted by molar-refractivity contribution is 6.23. The van der Waals surface area contributed by atoms with Crippen LogP contribution in [0.2, 0.25) is 0 Å². The van der Waals surface area contributed by atoms with Gasteiger partial charge in [0.25, 0.3) is 0 Å². The molecule has 0 radical (unpaired) electrons. The van der Waals surface area contributed by atoms with E-state index in [0.29, 0.717) is 0 Å². The summed E-state index contributed by atoms with van der Waals surface area (Å²) in [4.78, 5) is 3.62. The molecule has 1 aromatic heterocycles. The Morgan fingerprint density at radius 1 is 0.548 bits per heavy atom. The second kappa shape index (κ2) is 6.96. The monoisotopic (exact) mass is 396 g/mol. The molecular weight excluding hydrogens is 376 g/mol. The zero-order valence-electron chi connectivity index (χ0n) is 16.9. The van der Waals surface area contributed by atoms with Gasteiger partial charge in [-0.25, -0.2) is 0 Å². The molecule has 0 aliphatic rings. The summed E-state index contributed by atoms with van der Waals surface area (Å²) in [5.41, 5.74) is 7.92. The summed E-state index contributed by atoms with van der Waals surface area (Å²) in [6.45, 7) is 0. The van der Waals surface area contributed by atoms with Gasteiger partial charge in [-0.15, -0.1) is 0 Å². The molecule has 5 aromatic carbocycles. The quantitative estimate of drug-likeness (QED) is 0.286. The minimum Gasteiger partial charge on any atom is -0.354 e. The molecule has 0 saturated carbocycles. The van der Waals surface area contributed by atoms with Crippen LogP contribution in [0, 0.1) is 5.41 Å². The van der Waals surface area contributed by atoms with Crippen molar-refractivity contribution >= 4 is 38.8 Å². The SMILES string of the molecule is N=Cc1cccc(-c2cccc(-c3cc4[nH]c5ccccc5c4c4ccccc34)c2)c1. The first-order chi connectivity index (χ1) is 15.3. The van der Waals surface area contributed by atoms with Crippen molar-refractivity contribution in [3.63, 3.8) is 0 Å². The Morgan fingerprint density at radius 3 is 2.06 bits per heavy atom. The summed E-state index contributed by atoms with van der Waals surface area (Å²) in [6.07, 6.45) is 1.39. The fraction of sp³-hybridized carbons (Fsp3) is 0. The van der Waals surface area contributed by atoms with E-state index in [9.17, 15) is 0 Å². The molecule has 2 N–H and O–H groups in total. The summed E-state index contributed by atoms with van der Waals surface area (Å²) >= 11 is 0. The summed E-state index contributed by atoms with van der Waals surface area (Å²) in [5.74, 6) is 0. The van der Waals surface area contributed by atoms with Crippen molar-refractivity contribution < 1.29 is 0 Å². The van der Waals surface area contributed by atoms with E-state index in [2.05, 4.69) is 96.0 Å². The van der Waals surface area contributed by atoms with Crippen LogP contribution in [0.25, 0.3) is 54.8 Å². The van der Waals surface area contributed by atoms with Crippen LogP contribution in [-0.4, -0.2) is 11.2 Å². The van der Waals surface area contributed by atoms with E-state index >= 15 is 0 Å². The van der Waals surface area contributed by atoms with Crippen LogP contribution in [0.3, 0.4) is 0 Å². The zero-order chi connectivity index (χ0) is 20.8. The Hall–Kier alpha value is -4.17. The predicted octanol–water partition coefficient (Wildman–Crippen LogP) is 7.81. The molecule has 2 heteroatoms. The summed E-state index contributed by atoms with van der Waals surface area (Å²) < 4.78 is 0. The molecule has 0 amide bonds. The first-order valence-electron chi connectivity index (χ1n) is 10.5. The maximum Gasteiger partial charge on any atom is 0.0477 e. The van der Waals surface area contributed by atoms with Gasteiger partial charge in [-0.05, 0) is 62.9 Å². The van der Waals surface area contributed by atoms with Gasteiger partial charge in [0, 0.05) is 28.0 Å². The number of aromatic nitrogens is 1. The number of benzene rings is 5. The number of nitrogens with one attached hydrogen (secondary N) is 2. The average molecular weight is 396 g/mol. The fourth-order valence-corrected chi connectivity index (χ4v) is 4.63. The van der Waals surface area contributed by atoms with Crippen LogP contribution in [0.4, 0.5) is 0 Å². The Balaban J connectivity index is 1.63. The number of para-hydroxylation sites is 1. The van der Waals surface area contributed by atoms with Gasteiger partial charge in [0.05, 0.1) is 0 Å². The lowest BCUT2D eigenvalue weighted by Gasteiger charge is -2.11. The van der Waals surface area contributed by atoms with Gasteiger partial charge in [-0.3, -0.25) is 0 Å². The van der Waals surface area contributed by atoms with Gasteiger partial charge in [0.1, 0.15) is 0 Å². The highest BCUT2D eigenvalue weighted by Crippen LogP contribution is 2.39. The summed E-state index contributed by atoms with van der Waals surface area (Å²) in [6, 6.07) is 36.3. The first-order valence-corrected chi connectivity index (χ1v) is 10.5. The second-order valence-electron chi connectivity index (χ2n) is 7.91. The second-order valence-corrected chi connectivity index (χ2v) is 7.91. The molecule has 0 aliphatic heterocycles. The molecular formula is C29H20N2. The molecule has 146 valence electrons. The molecule has 2 nitrogen and oxygen atoms in total. The van der Waals surface area contributed by atoms with Crippen molar-refractivity contribution in [1.82, 2.24) is 4.98 Å². The third-order valence-electron chi connectivity index (χ3n) is 6.07. The third kappa shape index (κ3) is 2.84. The van der Waals surface area contributed by atoms with Crippen molar-refractivity contribution in [3.8, 4) is 22.3 Å². The Kier molecular flexibility index (Phi) is 3.97. The molecule has 1 heterocycles. The molecule has 6 aromatic rings. The van der Waals surface area contributed by atoms with Crippen molar-refractivity contribution in [3.05, 3.63) is 109 Å². The lowest BCUT2D eigenvalue weighted by molar-refractivity contribution is 1.53. The van der Waals surface area contributed by atoms with Crippen molar-refractivity contribution in [2.75, 3.05) is 0 Å². The van der Waals surface area contributed by atoms with E-state index < -0.39 is 0 Å². The number of fused-ring (bicyclic) bond motifs is 5. The van der Waals surface area contributed by atoms with E-state index in [1.165, 1.54) is 38.9 Å². The maximum atomic E-state index is 7.56. The Bertz CT molecular complexity index is 1600. The smallest absolute Gasteiger partial charge is 0.0477 e. The summed E-state index contributed by atoms with van der Waals surface area (Å²) in [5, 5.41) is 12.6. The summed E-state index contributed by atoms with van der Waals surface area (Å²) in [7, 11) is 0. The minimum absolute atomic E-state index is 0.910. The standard InChI is InChI=1S/C29H20N2/c30-18-19-7-5-8-20(15-19)21-9-6-10-22(16-21)26-17-28-29(24-12-2-1-11-23(24)26)25-13-3-4-14-27(25)31-28/h1-18,30-31H. The van der Waals surface area contributed by atoms with E-state index in [1.54, 1.807) is 0 Å². The molecule has 0 bridgehead atoms. The van der Waals surface area contributed by atoms with E-state index in [1.807, 2.05) is 12.1 Å². The number of hydrogen-bond donors (Lipinski definition) is 2. The van der Waals surface area contributed by atoms with Crippen molar-refractivity contribution in [1.29, 1.82) is 5.41 Å². The predicted molar refractivity (Wildman–Crippen MR) is 132 cm³/mol. The molecule has 6 rings (SSSR count). The number of rotatable bonds is 3. The topological polar surface area (TPSA) is 39.6 Å². The molecule has 0 fully saturated rings. The highest BCUT2D eigenvalue weighted by atomic mass is 14.7. The van der Waals surface area contributed by atoms with E-state index in [0.717, 1.165) is 27.7 Å². The largest absolute Gasteiger partial charge is 0.354 e. The van der Waals surface area contributed by atoms with Crippen LogP contribution >= 0.6 is 0 Å². The lowest BCUT2D eigenvalue weighted by Crippen LogP contribution is -1.86. The Labute approximate surface area is 180 Å². The van der Waals surface area contributed by atoms with Crippen LogP contribution in [0.5, 0.6) is 0 Å². The van der Waals surface area contributed by atoms with Gasteiger partial charge in [-0.1, -0.05) is 78.9 Å². The average Bonchev–Trinajstić information content (AvgIpc) is 3.22. The number of hydrogen-bond acceptors (Lipinski definition) is 1. The molecule has 0 spiro atoms. The number of aromatic amines is 1. The molecule has 0 atom stereocenters. The van der Waals surface area contributed by atoms with E-state index in [-0.39, 0.29) is 0 Å². The van der Waals surface area contributed by atoms with Gasteiger partial charge in [0.15, 0.2) is 0 Å². The third-order valence-corrected chi connectivity index (χ3v) is 6.07. The van der Waals surface area contributed by atoms with Crippen molar-refractivity contribution in [2.24, 2.45) is 0 Å². The lowest BCUT2D eigenvalue weighted by atomic mass is 9.93. The highest BCUT2D eigenvalue weighted by Gasteiger charge is 2.13. The molecule has 0 aliphatic carbocycles. The molecule has 31 heavy (non-hydrogen) atoms. The van der Waals surface area contributed by atoms with Gasteiger partial charge < -0.3 is 10.4 Å². The van der Waals surface area contributed by atoms with Crippen LogP contribution in [0.1, 0.15) is 5.56 Å². The fourth-order valence-electron chi connectivity index (χ4n) is 4.63. The van der Waals surface area contributed by atoms with Gasteiger partial charge in [0.2, 0.25) is 0 Å². The van der Waals surface area contributed by atoms with Gasteiger partial charge in [-0.2, -0.15) is 0 Å². The van der Waals surface area contributed by atoms with Crippen molar-refractivity contribution in [2.45, 2.75) is 0 Å². The maximum absolute atomic E-state index is 7.56. The Morgan fingerprint density at radius 2 is 1.23 bits per heavy atom. The van der Waals surface area contributed by atoms with Gasteiger partial charge >= 0.3 is 0 Å². The van der Waals surface area contributed by atoms with Crippen LogP contribution in [-0.2, 0) is 0 Å². The minimum atomic E-state index is 0.910. The first kappa shape index (κ1) is 17.7. The molecule has 0 unspecified atom stereocenters. The molecule has 0 saturated heterocycles.